The van der Waals surface area contributed by atoms with Gasteiger partial charge in [0.2, 0.25) is 0 Å². The molecule has 0 atom stereocenters. The largest absolute Gasteiger partial charge is 0.490 e. The van der Waals surface area contributed by atoms with Crippen LogP contribution in [0, 0.1) is 0 Å². The number of hydrogen-bond acceptors (Lipinski definition) is 4. The van der Waals surface area contributed by atoms with Crippen LogP contribution in [0.3, 0.4) is 0 Å². The van der Waals surface area contributed by atoms with Crippen LogP contribution in [-0.4, -0.2) is 28.9 Å². The quantitative estimate of drug-likeness (QED) is 0.792. The van der Waals surface area contributed by atoms with E-state index in [1.165, 1.54) is 0 Å². The van der Waals surface area contributed by atoms with E-state index in [9.17, 15) is 4.79 Å². The second-order valence-corrected chi connectivity index (χ2v) is 5.40. The van der Waals surface area contributed by atoms with Crippen molar-refractivity contribution in [1.29, 1.82) is 0 Å². The molecule has 6 nitrogen and oxygen atoms in total. The molecule has 2 aromatic rings. The molecule has 0 saturated carbocycles. The van der Waals surface area contributed by atoms with E-state index in [2.05, 4.69) is 10.4 Å². The number of aryl methyl sites for hydroxylation is 1. The molecule has 0 unspecified atom stereocenters. The summed E-state index contributed by atoms with van der Waals surface area (Å²) < 4.78 is 12.8. The average Bonchev–Trinajstić information content (AvgIpc) is 2.95. The first-order valence-electron chi connectivity index (χ1n) is 7.98. The standard InChI is InChI=1S/C17H22ClN3O3/c1-4-21-11-13(18)14(20-21)10-19-17(22)12-7-8-15(23-5-2)16(9-12)24-6-3/h7-9,11H,4-6,10H2,1-3H3,(H,19,22). The summed E-state index contributed by atoms with van der Waals surface area (Å²) in [6.07, 6.45) is 1.74. The Bertz CT molecular complexity index is 700. The number of hydrogen-bond donors (Lipinski definition) is 1. The Labute approximate surface area is 146 Å². The first-order valence-corrected chi connectivity index (χ1v) is 8.36. The van der Waals surface area contributed by atoms with E-state index < -0.39 is 0 Å². The number of nitrogens with zero attached hydrogens (tertiary/aromatic N) is 2. The summed E-state index contributed by atoms with van der Waals surface area (Å²) in [5, 5.41) is 7.66. The molecule has 7 heteroatoms. The number of nitrogens with one attached hydrogen (secondary N) is 1. The SMILES string of the molecule is CCOc1ccc(C(=O)NCc2nn(CC)cc2Cl)cc1OCC. The predicted octanol–water partition coefficient (Wildman–Crippen LogP) is 3.28. The third-order valence-corrected chi connectivity index (χ3v) is 3.65. The van der Waals surface area contributed by atoms with Crippen LogP contribution in [0.2, 0.25) is 5.02 Å². The Hall–Kier alpha value is -2.21. The molecule has 0 aliphatic heterocycles. The monoisotopic (exact) mass is 351 g/mol. The van der Waals surface area contributed by atoms with Crippen LogP contribution in [0.5, 0.6) is 11.5 Å². The van der Waals surface area contributed by atoms with E-state index in [1.807, 2.05) is 20.8 Å². The lowest BCUT2D eigenvalue weighted by Gasteiger charge is -2.12. The van der Waals surface area contributed by atoms with Crippen LogP contribution in [0.25, 0.3) is 0 Å². The van der Waals surface area contributed by atoms with E-state index in [-0.39, 0.29) is 12.5 Å². The van der Waals surface area contributed by atoms with Crippen molar-refractivity contribution in [3.63, 3.8) is 0 Å². The van der Waals surface area contributed by atoms with E-state index in [4.69, 9.17) is 21.1 Å². The minimum atomic E-state index is -0.221. The maximum atomic E-state index is 12.3. The summed E-state index contributed by atoms with van der Waals surface area (Å²) in [6, 6.07) is 5.12. The molecule has 24 heavy (non-hydrogen) atoms. The Morgan fingerprint density at radius 2 is 1.92 bits per heavy atom. The molecule has 130 valence electrons. The van der Waals surface area contributed by atoms with Crippen molar-refractivity contribution in [2.45, 2.75) is 33.9 Å². The molecule has 1 N–H and O–H groups in total. The van der Waals surface area contributed by atoms with E-state index in [0.717, 1.165) is 6.54 Å². The molecular weight excluding hydrogens is 330 g/mol. The first kappa shape index (κ1) is 18.1. The molecule has 2 rings (SSSR count). The zero-order valence-corrected chi connectivity index (χ0v) is 14.9. The predicted molar refractivity (Wildman–Crippen MR) is 92.9 cm³/mol. The highest BCUT2D eigenvalue weighted by atomic mass is 35.5. The first-order chi connectivity index (χ1) is 11.6. The van der Waals surface area contributed by atoms with Gasteiger partial charge in [0.15, 0.2) is 11.5 Å². The number of ether oxygens (including phenoxy) is 2. The maximum absolute atomic E-state index is 12.3. The van der Waals surface area contributed by atoms with E-state index in [1.54, 1.807) is 29.1 Å². The number of amides is 1. The molecule has 0 saturated heterocycles. The number of benzene rings is 1. The van der Waals surface area contributed by atoms with E-state index >= 15 is 0 Å². The highest BCUT2D eigenvalue weighted by molar-refractivity contribution is 6.31. The molecule has 1 aromatic carbocycles. The van der Waals surface area contributed by atoms with Gasteiger partial charge in [-0.15, -0.1) is 0 Å². The fourth-order valence-electron chi connectivity index (χ4n) is 2.18. The summed E-state index contributed by atoms with van der Waals surface area (Å²) in [5.41, 5.74) is 1.13. The van der Waals surface area contributed by atoms with Crippen molar-refractivity contribution >= 4 is 17.5 Å². The Kier molecular flexibility index (Phi) is 6.49. The van der Waals surface area contributed by atoms with Gasteiger partial charge in [0, 0.05) is 18.3 Å². The number of aromatic nitrogens is 2. The fraction of sp³-hybridized carbons (Fsp3) is 0.412. The third-order valence-electron chi connectivity index (χ3n) is 3.33. The average molecular weight is 352 g/mol. The van der Waals surface area contributed by atoms with Gasteiger partial charge in [-0.2, -0.15) is 5.10 Å². The smallest absolute Gasteiger partial charge is 0.251 e. The van der Waals surface area contributed by atoms with Gasteiger partial charge in [-0.3, -0.25) is 9.48 Å². The lowest BCUT2D eigenvalue weighted by Crippen LogP contribution is -2.23. The molecule has 0 radical (unpaired) electrons. The van der Waals surface area contributed by atoms with Crippen LogP contribution >= 0.6 is 11.6 Å². The lowest BCUT2D eigenvalue weighted by atomic mass is 10.2. The van der Waals surface area contributed by atoms with Crippen LogP contribution in [0.1, 0.15) is 36.8 Å². The lowest BCUT2D eigenvalue weighted by molar-refractivity contribution is 0.0950. The van der Waals surface area contributed by atoms with Crippen LogP contribution in [0.15, 0.2) is 24.4 Å². The van der Waals surface area contributed by atoms with Gasteiger partial charge in [0.25, 0.3) is 5.91 Å². The molecular formula is C17H22ClN3O3. The minimum absolute atomic E-state index is 0.221. The van der Waals surface area contributed by atoms with Gasteiger partial charge in [-0.05, 0) is 39.0 Å². The highest BCUT2D eigenvalue weighted by Gasteiger charge is 2.13. The molecule has 0 spiro atoms. The zero-order valence-electron chi connectivity index (χ0n) is 14.1. The molecule has 1 aromatic heterocycles. The zero-order chi connectivity index (χ0) is 17.5. The van der Waals surface area contributed by atoms with Crippen molar-refractivity contribution in [2.24, 2.45) is 0 Å². The van der Waals surface area contributed by atoms with Crippen LogP contribution < -0.4 is 14.8 Å². The van der Waals surface area contributed by atoms with Gasteiger partial charge in [0.1, 0.15) is 5.69 Å². The van der Waals surface area contributed by atoms with Crippen molar-refractivity contribution in [3.05, 3.63) is 40.7 Å². The number of halogens is 1. The van der Waals surface area contributed by atoms with Crippen molar-refractivity contribution in [3.8, 4) is 11.5 Å². The van der Waals surface area contributed by atoms with E-state index in [0.29, 0.717) is 41.0 Å². The summed E-state index contributed by atoms with van der Waals surface area (Å²) in [5.74, 6) is 0.960. The van der Waals surface area contributed by atoms with Gasteiger partial charge in [-0.1, -0.05) is 11.6 Å². The highest BCUT2D eigenvalue weighted by Crippen LogP contribution is 2.28. The molecule has 0 aliphatic carbocycles. The Morgan fingerprint density at radius 3 is 2.54 bits per heavy atom. The van der Waals surface area contributed by atoms with Gasteiger partial charge in [-0.25, -0.2) is 0 Å². The maximum Gasteiger partial charge on any atom is 0.251 e. The summed E-state index contributed by atoms with van der Waals surface area (Å²) in [6.45, 7) is 7.77. The molecule has 0 fully saturated rings. The molecule has 1 heterocycles. The Balaban J connectivity index is 2.08. The number of carbonyl (C=O) groups excluding carboxylic acids is 1. The third kappa shape index (κ3) is 4.41. The minimum Gasteiger partial charge on any atom is -0.490 e. The topological polar surface area (TPSA) is 65.4 Å². The molecule has 0 bridgehead atoms. The summed E-state index contributed by atoms with van der Waals surface area (Å²) in [4.78, 5) is 12.3. The molecule has 0 aliphatic rings. The Morgan fingerprint density at radius 1 is 1.21 bits per heavy atom. The van der Waals surface area contributed by atoms with Crippen LogP contribution in [0.4, 0.5) is 0 Å². The van der Waals surface area contributed by atoms with Crippen molar-refractivity contribution < 1.29 is 14.3 Å². The second kappa shape index (κ2) is 8.59. The van der Waals surface area contributed by atoms with Gasteiger partial charge in [0.05, 0.1) is 24.8 Å². The summed E-state index contributed by atoms with van der Waals surface area (Å²) in [7, 11) is 0. The van der Waals surface area contributed by atoms with Gasteiger partial charge >= 0.3 is 0 Å². The number of rotatable bonds is 8. The second-order valence-electron chi connectivity index (χ2n) is 4.99. The summed E-state index contributed by atoms with van der Waals surface area (Å²) >= 11 is 6.10. The molecule has 1 amide bonds. The normalized spacial score (nSPS) is 10.5. The fourth-order valence-corrected chi connectivity index (χ4v) is 2.39. The van der Waals surface area contributed by atoms with Crippen LogP contribution in [-0.2, 0) is 13.1 Å². The van der Waals surface area contributed by atoms with Gasteiger partial charge < -0.3 is 14.8 Å². The van der Waals surface area contributed by atoms with Crippen molar-refractivity contribution in [1.82, 2.24) is 15.1 Å². The number of carbonyl (C=O) groups is 1. The van der Waals surface area contributed by atoms with Crippen molar-refractivity contribution in [2.75, 3.05) is 13.2 Å².